The lowest BCUT2D eigenvalue weighted by Gasteiger charge is -2.28. The zero-order chi connectivity index (χ0) is 26.4. The van der Waals surface area contributed by atoms with Crippen molar-refractivity contribution in [2.45, 2.75) is 44.4 Å². The van der Waals surface area contributed by atoms with Gasteiger partial charge >= 0.3 is 30.1 Å². The molecule has 2 N–H and O–H groups in total. The Labute approximate surface area is 210 Å². The summed E-state index contributed by atoms with van der Waals surface area (Å²) in [5, 5.41) is 12.8. The van der Waals surface area contributed by atoms with E-state index in [9.17, 15) is 22.8 Å². The highest BCUT2D eigenvalue weighted by Crippen LogP contribution is 2.37. The summed E-state index contributed by atoms with van der Waals surface area (Å²) in [5.74, 6) is -0.670. The van der Waals surface area contributed by atoms with Crippen molar-refractivity contribution in [1.82, 2.24) is 10.2 Å². The van der Waals surface area contributed by atoms with E-state index in [-0.39, 0.29) is 23.6 Å². The average molecular weight is 518 g/mol. The van der Waals surface area contributed by atoms with E-state index in [1.54, 1.807) is 12.1 Å². The van der Waals surface area contributed by atoms with Crippen LogP contribution in [0.2, 0.25) is 0 Å². The van der Waals surface area contributed by atoms with Crippen molar-refractivity contribution in [3.8, 4) is 5.75 Å². The van der Waals surface area contributed by atoms with Crippen molar-refractivity contribution >= 4 is 29.3 Å². The third-order valence-corrected chi connectivity index (χ3v) is 6.13. The summed E-state index contributed by atoms with van der Waals surface area (Å²) < 4.78 is 50.7. The Kier molecular flexibility index (Phi) is 7.95. The molecule has 0 unspecified atom stereocenters. The van der Waals surface area contributed by atoms with Gasteiger partial charge in [0.15, 0.2) is 0 Å². The highest BCUT2D eigenvalue weighted by molar-refractivity contribution is 6.00. The quantitative estimate of drug-likeness (QED) is 0.360. The van der Waals surface area contributed by atoms with Crippen LogP contribution in [-0.2, 0) is 9.53 Å². The van der Waals surface area contributed by atoms with Crippen LogP contribution in [0.25, 0.3) is 0 Å². The van der Waals surface area contributed by atoms with Gasteiger partial charge in [0.05, 0.1) is 7.11 Å². The van der Waals surface area contributed by atoms with Gasteiger partial charge in [-0.25, -0.2) is 0 Å². The first-order valence-electron chi connectivity index (χ1n) is 11.6. The molecule has 37 heavy (non-hydrogen) atoms. The van der Waals surface area contributed by atoms with Crippen LogP contribution in [0, 0.1) is 5.92 Å². The zero-order valence-electron chi connectivity index (χ0n) is 19.9. The fourth-order valence-corrected chi connectivity index (χ4v) is 4.27. The molecule has 1 aliphatic carbocycles. The molecule has 12 heteroatoms. The van der Waals surface area contributed by atoms with Crippen LogP contribution in [0.4, 0.5) is 30.6 Å². The third kappa shape index (κ3) is 7.45. The number of carbonyl (C=O) groups excluding carboxylic acids is 2. The number of rotatable bonds is 8. The molecular weight excluding hydrogens is 493 g/mol. The van der Waals surface area contributed by atoms with Crippen LogP contribution >= 0.6 is 0 Å². The van der Waals surface area contributed by atoms with Gasteiger partial charge in [0.1, 0.15) is 5.75 Å². The summed E-state index contributed by atoms with van der Waals surface area (Å²) in [4.78, 5) is 24.0. The van der Waals surface area contributed by atoms with E-state index in [0.29, 0.717) is 29.6 Å². The second-order valence-corrected chi connectivity index (χ2v) is 8.68. The molecule has 1 saturated carbocycles. The number of esters is 1. The molecule has 1 aromatic heterocycles. The minimum absolute atomic E-state index is 0.104. The fraction of sp³-hybridized carbons (Fsp3) is 0.360. The van der Waals surface area contributed by atoms with Crippen molar-refractivity contribution < 1.29 is 36.7 Å². The Morgan fingerprint density at radius 1 is 0.973 bits per heavy atom. The van der Waals surface area contributed by atoms with Crippen LogP contribution in [0.3, 0.4) is 0 Å². The summed E-state index contributed by atoms with van der Waals surface area (Å²) in [6, 6.07) is 12.3. The largest absolute Gasteiger partial charge is 0.573 e. The number of ether oxygens (including phenoxy) is 2. The molecule has 4 rings (SSSR count). The van der Waals surface area contributed by atoms with Crippen LogP contribution < -0.4 is 15.4 Å². The normalized spacial score (nSPS) is 17.6. The minimum Gasteiger partial charge on any atom is -0.469 e. The molecule has 1 amide bonds. The lowest BCUT2D eigenvalue weighted by atomic mass is 9.77. The molecular formula is C25H25F3N4O5. The number of methoxy groups -OCH3 is 1. The smallest absolute Gasteiger partial charge is 0.469 e. The highest BCUT2D eigenvalue weighted by atomic mass is 19.4. The number of benzene rings is 2. The maximum Gasteiger partial charge on any atom is 0.573 e. The molecule has 196 valence electrons. The molecule has 1 heterocycles. The van der Waals surface area contributed by atoms with Gasteiger partial charge in [-0.05, 0) is 79.5 Å². The van der Waals surface area contributed by atoms with Crippen LogP contribution in [0.5, 0.6) is 5.75 Å². The first-order valence-corrected chi connectivity index (χ1v) is 11.6. The molecule has 0 radical (unpaired) electrons. The van der Waals surface area contributed by atoms with Gasteiger partial charge in [-0.1, -0.05) is 17.2 Å². The van der Waals surface area contributed by atoms with Crippen molar-refractivity contribution in [1.29, 1.82) is 0 Å². The molecule has 0 bridgehead atoms. The molecule has 0 spiro atoms. The molecule has 9 nitrogen and oxygen atoms in total. The predicted molar refractivity (Wildman–Crippen MR) is 126 cm³/mol. The number of anilines is 3. The van der Waals surface area contributed by atoms with Gasteiger partial charge in [-0.15, -0.1) is 18.3 Å². The molecule has 0 saturated heterocycles. The molecule has 1 fully saturated rings. The Morgan fingerprint density at radius 2 is 1.62 bits per heavy atom. The number of carbonyl (C=O) groups is 2. The molecule has 1 aliphatic rings. The number of halogens is 3. The molecule has 0 aliphatic heterocycles. The van der Waals surface area contributed by atoms with Crippen molar-refractivity contribution in [3.05, 3.63) is 60.0 Å². The van der Waals surface area contributed by atoms with Gasteiger partial charge in [-0.2, -0.15) is 0 Å². The number of alkyl halides is 3. The Hall–Kier alpha value is -4.09. The van der Waals surface area contributed by atoms with E-state index in [1.165, 1.54) is 24.8 Å². The standard InChI is InChI=1S/C25H25F3N4O5/c1-35-21(33)14-15-2-4-16(5-3-15)17-6-8-18(9-7-17)29-22(34)23-31-32-24(36-23)30-19-10-12-20(13-11-19)37-25(26,27)28/h6-13,15-16H,2-5,14H2,1H3,(H,29,34)(H,30,32). The zero-order valence-corrected chi connectivity index (χ0v) is 19.9. The summed E-state index contributed by atoms with van der Waals surface area (Å²) >= 11 is 0. The summed E-state index contributed by atoms with van der Waals surface area (Å²) in [6.07, 6.45) is -0.401. The summed E-state index contributed by atoms with van der Waals surface area (Å²) in [6.45, 7) is 0. The van der Waals surface area contributed by atoms with E-state index < -0.39 is 12.3 Å². The van der Waals surface area contributed by atoms with E-state index in [2.05, 4.69) is 25.6 Å². The highest BCUT2D eigenvalue weighted by Gasteiger charge is 2.31. The SMILES string of the molecule is COC(=O)CC1CCC(c2ccc(NC(=O)c3nnc(Nc4ccc(OC(F)(F)F)cc4)o3)cc2)CC1. The lowest BCUT2D eigenvalue weighted by Crippen LogP contribution is -2.17. The second kappa shape index (κ2) is 11.3. The monoisotopic (exact) mass is 518 g/mol. The van der Waals surface area contributed by atoms with Crippen molar-refractivity contribution in [2.75, 3.05) is 17.7 Å². The van der Waals surface area contributed by atoms with E-state index in [4.69, 9.17) is 9.15 Å². The lowest BCUT2D eigenvalue weighted by molar-refractivity contribution is -0.274. The van der Waals surface area contributed by atoms with E-state index in [0.717, 1.165) is 37.8 Å². The summed E-state index contributed by atoms with van der Waals surface area (Å²) in [5.41, 5.74) is 2.09. The first kappa shape index (κ1) is 26.0. The van der Waals surface area contributed by atoms with E-state index >= 15 is 0 Å². The van der Waals surface area contributed by atoms with Crippen molar-refractivity contribution in [3.63, 3.8) is 0 Å². The van der Waals surface area contributed by atoms with E-state index in [1.807, 2.05) is 12.1 Å². The number of amides is 1. The number of nitrogens with one attached hydrogen (secondary N) is 2. The number of nitrogens with zero attached hydrogens (tertiary/aromatic N) is 2. The Morgan fingerprint density at radius 3 is 2.24 bits per heavy atom. The first-order chi connectivity index (χ1) is 17.7. The minimum atomic E-state index is -4.78. The average Bonchev–Trinajstić information content (AvgIpc) is 3.34. The molecule has 3 aromatic rings. The molecule has 2 aromatic carbocycles. The van der Waals surface area contributed by atoms with Crippen LogP contribution in [-0.4, -0.2) is 35.5 Å². The second-order valence-electron chi connectivity index (χ2n) is 8.68. The van der Waals surface area contributed by atoms with Crippen LogP contribution in [0.15, 0.2) is 52.9 Å². The number of hydrogen-bond acceptors (Lipinski definition) is 8. The van der Waals surface area contributed by atoms with Gasteiger partial charge < -0.3 is 24.5 Å². The third-order valence-electron chi connectivity index (χ3n) is 6.13. The Bertz CT molecular complexity index is 1200. The fourth-order valence-electron chi connectivity index (χ4n) is 4.27. The maximum absolute atomic E-state index is 12.5. The van der Waals surface area contributed by atoms with Gasteiger partial charge in [0.25, 0.3) is 0 Å². The topological polar surface area (TPSA) is 116 Å². The van der Waals surface area contributed by atoms with Crippen LogP contribution in [0.1, 0.15) is 54.3 Å². The number of hydrogen-bond donors (Lipinski definition) is 2. The molecule has 0 atom stereocenters. The van der Waals surface area contributed by atoms with Gasteiger partial charge in [0.2, 0.25) is 0 Å². The van der Waals surface area contributed by atoms with Gasteiger partial charge in [-0.3, -0.25) is 9.59 Å². The van der Waals surface area contributed by atoms with Gasteiger partial charge in [0, 0.05) is 17.8 Å². The Balaban J connectivity index is 1.28. The maximum atomic E-state index is 12.5. The van der Waals surface area contributed by atoms with Crippen molar-refractivity contribution in [2.24, 2.45) is 5.92 Å². The number of aromatic nitrogens is 2. The predicted octanol–water partition coefficient (Wildman–Crippen LogP) is 5.80. The summed E-state index contributed by atoms with van der Waals surface area (Å²) in [7, 11) is 1.41.